The van der Waals surface area contributed by atoms with Gasteiger partial charge in [0.25, 0.3) is 0 Å². The van der Waals surface area contributed by atoms with Crippen LogP contribution in [0.3, 0.4) is 0 Å². The molecule has 0 unspecified atom stereocenters. The van der Waals surface area contributed by atoms with Gasteiger partial charge >= 0.3 is 0 Å². The van der Waals surface area contributed by atoms with Crippen LogP contribution in [0.15, 0.2) is 78.9 Å². The molecule has 4 N–H and O–H groups in total. The van der Waals surface area contributed by atoms with Crippen molar-refractivity contribution in [2.45, 2.75) is 37.4 Å². The second-order valence-corrected chi connectivity index (χ2v) is 10.3. The lowest BCUT2D eigenvalue weighted by atomic mass is 10.0. The number of aromatic nitrogens is 2. The summed E-state index contributed by atoms with van der Waals surface area (Å²) in [4.78, 5) is 8.20. The van der Waals surface area contributed by atoms with Gasteiger partial charge in [-0.05, 0) is 42.2 Å². The van der Waals surface area contributed by atoms with Crippen LogP contribution in [0, 0.1) is 17.3 Å². The second-order valence-electron chi connectivity index (χ2n) is 9.89. The highest BCUT2D eigenvalue weighted by atomic mass is 35.5. The van der Waals surface area contributed by atoms with Crippen LogP contribution in [0.1, 0.15) is 49.4 Å². The average Bonchev–Trinajstić information content (AvgIpc) is 3.73. The molecule has 2 aromatic heterocycles. The van der Waals surface area contributed by atoms with E-state index in [-0.39, 0.29) is 17.0 Å². The fraction of sp³-hybridized carbons (Fsp3) is 0.233. The highest BCUT2D eigenvalue weighted by Gasteiger charge is 2.32. The molecule has 0 spiro atoms. The molecular weight excluding hydrogens is 546 g/mol. The molecule has 0 amide bonds. The topological polar surface area (TPSA) is 101 Å². The van der Waals surface area contributed by atoms with Crippen molar-refractivity contribution in [1.29, 1.82) is 5.26 Å². The molecule has 0 radical (unpaired) electrons. The van der Waals surface area contributed by atoms with Crippen molar-refractivity contribution in [3.63, 3.8) is 0 Å². The Bertz CT molecular complexity index is 1680. The van der Waals surface area contributed by atoms with Crippen molar-refractivity contribution in [3.8, 4) is 6.07 Å². The number of hydrogen-bond donors (Lipinski definition) is 4. The van der Waals surface area contributed by atoms with Crippen molar-refractivity contribution >= 4 is 33.9 Å². The molecule has 1 aliphatic heterocycles. The van der Waals surface area contributed by atoms with Crippen LogP contribution in [0.5, 0.6) is 0 Å². The molecule has 8 nitrogen and oxygen atoms in total. The Balaban J connectivity index is 1.44. The Hall–Kier alpha value is -4.46. The fourth-order valence-corrected chi connectivity index (χ4v) is 5.10. The SMILES string of the molecule is [2H][C@](Nc1cc(Cl)c2ncc(C#N)c(N[C@H](CCF)c3ccccc3)c2c1)(C1=CN(C2CC2)NN1)c1ccc(F)nc1. The van der Waals surface area contributed by atoms with Crippen LogP contribution in [-0.2, 0) is 0 Å². The van der Waals surface area contributed by atoms with Crippen molar-refractivity contribution in [2.24, 2.45) is 0 Å². The van der Waals surface area contributed by atoms with E-state index in [9.17, 15) is 15.4 Å². The minimum absolute atomic E-state index is 0.183. The number of hydrogen-bond acceptors (Lipinski definition) is 8. The number of alkyl halides is 1. The number of halogens is 3. The van der Waals surface area contributed by atoms with E-state index < -0.39 is 24.7 Å². The van der Waals surface area contributed by atoms with E-state index in [1.807, 2.05) is 41.5 Å². The maximum atomic E-state index is 13.8. The number of fused-ring (bicyclic) bond motifs is 1. The number of benzene rings is 2. The van der Waals surface area contributed by atoms with Crippen LogP contribution in [0.4, 0.5) is 20.2 Å². The third-order valence-electron chi connectivity index (χ3n) is 7.05. The third kappa shape index (κ3) is 5.73. The van der Waals surface area contributed by atoms with E-state index in [0.29, 0.717) is 39.6 Å². The molecule has 2 atom stereocenters. The summed E-state index contributed by atoms with van der Waals surface area (Å²) >= 11 is 6.73. The molecule has 2 aromatic carbocycles. The number of nitriles is 1. The molecule has 208 valence electrons. The normalized spacial score (nSPS) is 17.2. The molecule has 1 saturated carbocycles. The van der Waals surface area contributed by atoms with E-state index in [0.717, 1.165) is 18.4 Å². The lowest BCUT2D eigenvalue weighted by molar-refractivity contribution is 0.260. The van der Waals surface area contributed by atoms with Gasteiger partial charge < -0.3 is 16.1 Å². The fourth-order valence-electron chi connectivity index (χ4n) is 4.83. The standard InChI is InChI=1S/C30H27ClF2N8/c31-24-13-21(37-29(19-6-9-27(33)35-15-19)26-17-41(40-39-26)22-7-8-22)12-23-28(20(14-34)16-36-30(23)24)38-25(10-11-32)18-4-2-1-3-5-18/h1-6,9,12-13,15-17,22,25,29,37,39-40H,7-8,10-11H2,(H,36,38)/t25-,29-/m1/s1/i29D. The first-order valence-corrected chi connectivity index (χ1v) is 13.6. The van der Waals surface area contributed by atoms with Crippen LogP contribution in [-0.4, -0.2) is 27.7 Å². The smallest absolute Gasteiger partial charge is 0.212 e. The number of hydrazine groups is 2. The molecule has 0 bridgehead atoms. The third-order valence-corrected chi connectivity index (χ3v) is 7.33. The van der Waals surface area contributed by atoms with Gasteiger partial charge in [0.1, 0.15) is 6.07 Å². The Morgan fingerprint density at radius 2 is 1.95 bits per heavy atom. The van der Waals surface area contributed by atoms with Gasteiger partial charge in [0.15, 0.2) is 0 Å². The van der Waals surface area contributed by atoms with E-state index in [2.05, 4.69) is 37.6 Å². The summed E-state index contributed by atoms with van der Waals surface area (Å²) in [5.74, 6) is -0.659. The summed E-state index contributed by atoms with van der Waals surface area (Å²) in [6.45, 7) is -0.563. The van der Waals surface area contributed by atoms with Crippen LogP contribution >= 0.6 is 11.6 Å². The molecule has 4 aromatic rings. The maximum Gasteiger partial charge on any atom is 0.212 e. The average molecular weight is 574 g/mol. The van der Waals surface area contributed by atoms with E-state index in [4.69, 9.17) is 11.6 Å². The number of rotatable bonds is 10. The van der Waals surface area contributed by atoms with E-state index in [1.165, 1.54) is 24.5 Å². The molecule has 6 rings (SSSR count). The molecule has 2 aliphatic rings. The minimum atomic E-state index is -1.64. The Kier molecular flexibility index (Phi) is 7.20. The van der Waals surface area contributed by atoms with Crippen molar-refractivity contribution in [1.82, 2.24) is 25.9 Å². The first-order valence-electron chi connectivity index (χ1n) is 13.7. The maximum absolute atomic E-state index is 13.8. The van der Waals surface area contributed by atoms with Crippen molar-refractivity contribution in [3.05, 3.63) is 107 Å². The Morgan fingerprint density at radius 1 is 1.12 bits per heavy atom. The van der Waals surface area contributed by atoms with Gasteiger partial charge in [-0.2, -0.15) is 9.65 Å². The van der Waals surface area contributed by atoms with Crippen molar-refractivity contribution < 1.29 is 10.2 Å². The zero-order valence-corrected chi connectivity index (χ0v) is 22.6. The van der Waals surface area contributed by atoms with Gasteiger partial charge in [-0.3, -0.25) is 14.4 Å². The quantitative estimate of drug-likeness (QED) is 0.164. The largest absolute Gasteiger partial charge is 0.376 e. The first kappa shape index (κ1) is 25.5. The minimum Gasteiger partial charge on any atom is -0.376 e. The van der Waals surface area contributed by atoms with Gasteiger partial charge in [0.05, 0.1) is 47.6 Å². The Labute approximate surface area is 242 Å². The summed E-state index contributed by atoms with van der Waals surface area (Å²) in [7, 11) is 0. The van der Waals surface area contributed by atoms with E-state index >= 15 is 0 Å². The van der Waals surface area contributed by atoms with Gasteiger partial charge in [-0.25, -0.2) is 4.98 Å². The second kappa shape index (κ2) is 11.6. The number of pyridine rings is 2. The van der Waals surface area contributed by atoms with Gasteiger partial charge in [0, 0.05) is 42.1 Å². The molecule has 0 saturated heterocycles. The monoisotopic (exact) mass is 573 g/mol. The summed E-state index contributed by atoms with van der Waals surface area (Å²) < 4.78 is 37.0. The lowest BCUT2D eigenvalue weighted by Gasteiger charge is -2.23. The first-order chi connectivity index (χ1) is 20.4. The summed E-state index contributed by atoms with van der Waals surface area (Å²) in [5, 5.41) is 19.3. The molecule has 1 fully saturated rings. The highest BCUT2D eigenvalue weighted by Crippen LogP contribution is 2.38. The van der Waals surface area contributed by atoms with E-state index in [1.54, 1.807) is 12.1 Å². The lowest BCUT2D eigenvalue weighted by Crippen LogP contribution is -2.38. The Morgan fingerprint density at radius 3 is 2.66 bits per heavy atom. The molecule has 11 heteroatoms. The zero-order valence-electron chi connectivity index (χ0n) is 22.8. The summed E-state index contributed by atoms with van der Waals surface area (Å²) in [6, 6.07) is 16.0. The van der Waals surface area contributed by atoms with Gasteiger partial charge in [-0.1, -0.05) is 48.0 Å². The molecule has 3 heterocycles. The van der Waals surface area contributed by atoms with Crippen LogP contribution < -0.4 is 21.6 Å². The predicted molar refractivity (Wildman–Crippen MR) is 155 cm³/mol. The van der Waals surface area contributed by atoms with Gasteiger partial charge in [0.2, 0.25) is 5.95 Å². The summed E-state index contributed by atoms with van der Waals surface area (Å²) in [6.07, 6.45) is 6.81. The van der Waals surface area contributed by atoms with Crippen LogP contribution in [0.25, 0.3) is 10.9 Å². The zero-order chi connectivity index (χ0) is 29.3. The number of nitrogens with zero attached hydrogens (tertiary/aromatic N) is 4. The van der Waals surface area contributed by atoms with Crippen LogP contribution in [0.2, 0.25) is 5.02 Å². The van der Waals surface area contributed by atoms with Crippen molar-refractivity contribution in [2.75, 3.05) is 17.3 Å². The number of anilines is 2. The molecular formula is C30H27ClF2N8. The highest BCUT2D eigenvalue weighted by molar-refractivity contribution is 6.35. The number of nitrogens with one attached hydrogen (secondary N) is 4. The van der Waals surface area contributed by atoms with Gasteiger partial charge in [-0.15, -0.1) is 5.53 Å². The summed E-state index contributed by atoms with van der Waals surface area (Å²) in [5.41, 5.74) is 9.47. The molecule has 1 aliphatic carbocycles. The predicted octanol–water partition coefficient (Wildman–Crippen LogP) is 6.29. The molecule has 41 heavy (non-hydrogen) atoms.